The molecule has 592 valence electrons. The van der Waals surface area contributed by atoms with Crippen LogP contribution in [0.15, 0.2) is 0 Å². The Labute approximate surface area is 592 Å². The number of aliphatic hydroxyl groups excluding tert-OH is 2. The van der Waals surface area contributed by atoms with E-state index in [1.54, 1.807) is 0 Å². The van der Waals surface area contributed by atoms with Gasteiger partial charge in [0.05, 0.1) is 38.4 Å². The van der Waals surface area contributed by atoms with Crippen molar-refractivity contribution in [2.75, 3.05) is 32.9 Å². The molecule has 13 amide bonds. The summed E-state index contributed by atoms with van der Waals surface area (Å²) in [6, 6.07) is -23.9. The SMILES string of the molecule is CC(C)C[C@H](NC(=O)[C@H](CCC(N)=O)NC(=O)[C@@H](N)CCC(=O)O)C(=O)N[C@@H](COP(=O)(O)O)C(=O)N[C@H](C(=O)N[C@@H](COP(=O)(O)O)C(=O)N[C@@H](CCC(=O)O)C(=O)N[C@@H](CCC(=O)O)C(=O)N[C@@H](CC(N)=O)C(=O)N[C@@H](CO)C(=O)N[C@@H](CCCCN)C(=O)N[C@@H](CCCCN)C(=O)O)[C@@H](C)O. The maximum Gasteiger partial charge on any atom is 0.469 e. The molecule has 0 unspecified atom stereocenters. The number of carbonyl (C=O) groups is 17. The van der Waals surface area contributed by atoms with E-state index >= 15 is 0 Å². The quantitative estimate of drug-likeness (QED) is 0.0199. The Balaban J connectivity index is 7.28. The highest BCUT2D eigenvalue weighted by molar-refractivity contribution is 7.46. The van der Waals surface area contributed by atoms with Crippen LogP contribution in [0.3, 0.4) is 0 Å². The Morgan fingerprint density at radius 3 is 1.09 bits per heavy atom. The van der Waals surface area contributed by atoms with Crippen LogP contribution in [0.25, 0.3) is 0 Å². The van der Waals surface area contributed by atoms with Gasteiger partial charge in [0.2, 0.25) is 76.8 Å². The van der Waals surface area contributed by atoms with Crippen LogP contribution >= 0.6 is 15.6 Å². The molecule has 0 saturated heterocycles. The van der Waals surface area contributed by atoms with Crippen LogP contribution in [0, 0.1) is 5.92 Å². The minimum absolute atomic E-state index is 0.0629. The number of amides is 13. The Hall–Kier alpha value is -8.99. The summed E-state index contributed by atoms with van der Waals surface area (Å²) < 4.78 is 32.7. The third kappa shape index (κ3) is 40.7. The number of phosphoric ester groups is 2. The molecular formula is C55H96N16O31P2. The van der Waals surface area contributed by atoms with E-state index in [9.17, 15) is 136 Å². The summed E-state index contributed by atoms with van der Waals surface area (Å²) in [6.45, 7) is -0.176. The van der Waals surface area contributed by atoms with Crippen molar-refractivity contribution in [1.29, 1.82) is 0 Å². The number of carboxylic acids is 4. The first-order chi connectivity index (χ1) is 48.2. The van der Waals surface area contributed by atoms with Crippen molar-refractivity contribution in [2.24, 2.45) is 34.6 Å². The predicted octanol–water partition coefficient (Wildman–Crippen LogP) is -10.6. The second-order valence-corrected chi connectivity index (χ2v) is 26.2. The zero-order valence-electron chi connectivity index (χ0n) is 56.8. The predicted molar refractivity (Wildman–Crippen MR) is 350 cm³/mol. The van der Waals surface area contributed by atoms with E-state index in [4.69, 9.17) is 33.8 Å². The molecule has 49 heteroatoms. The molecule has 47 nitrogen and oxygen atoms in total. The van der Waals surface area contributed by atoms with E-state index in [0.717, 1.165) is 6.92 Å². The van der Waals surface area contributed by atoms with Crippen LogP contribution in [0.4, 0.5) is 0 Å². The van der Waals surface area contributed by atoms with Gasteiger partial charge >= 0.3 is 39.5 Å². The number of aliphatic carboxylic acids is 4. The van der Waals surface area contributed by atoms with Gasteiger partial charge in [-0.25, -0.2) is 13.9 Å². The summed E-state index contributed by atoms with van der Waals surface area (Å²) in [5.74, 6) is -24.6. The molecule has 0 spiro atoms. The lowest BCUT2D eigenvalue weighted by Gasteiger charge is -2.29. The summed E-state index contributed by atoms with van der Waals surface area (Å²) in [4.78, 5) is 261. The Kier molecular flexibility index (Phi) is 44.0. The zero-order valence-corrected chi connectivity index (χ0v) is 58.5. The minimum atomic E-state index is -5.70. The first-order valence-corrected chi connectivity index (χ1v) is 35.0. The summed E-state index contributed by atoms with van der Waals surface area (Å²) in [5, 5.41) is 81.7. The van der Waals surface area contributed by atoms with Crippen LogP contribution in [0.5, 0.6) is 0 Å². The summed E-state index contributed by atoms with van der Waals surface area (Å²) in [7, 11) is -11.3. The van der Waals surface area contributed by atoms with E-state index in [-0.39, 0.29) is 45.2 Å². The fraction of sp³-hybridized carbons (Fsp3) is 0.691. The fourth-order valence-electron chi connectivity index (χ4n) is 8.94. The molecule has 0 aromatic heterocycles. The zero-order chi connectivity index (χ0) is 79.9. The summed E-state index contributed by atoms with van der Waals surface area (Å²) in [6.07, 6.45) is -8.77. The van der Waals surface area contributed by atoms with Crippen molar-refractivity contribution in [2.45, 2.75) is 202 Å². The summed E-state index contributed by atoms with van der Waals surface area (Å²) >= 11 is 0. The van der Waals surface area contributed by atoms with Crippen LogP contribution in [-0.4, -0.2) is 262 Å². The van der Waals surface area contributed by atoms with E-state index in [1.807, 2.05) is 37.2 Å². The molecule has 0 saturated carbocycles. The third-order valence-corrected chi connectivity index (χ3v) is 15.3. The molecule has 0 aliphatic carbocycles. The van der Waals surface area contributed by atoms with Gasteiger partial charge in [0.15, 0.2) is 0 Å². The number of carbonyl (C=O) groups excluding carboxylic acids is 13. The highest BCUT2D eigenvalue weighted by Gasteiger charge is 2.40. The molecule has 0 fully saturated rings. The molecule has 0 radical (unpaired) electrons. The number of nitrogens with two attached hydrogens (primary N) is 5. The second kappa shape index (κ2) is 48.1. The number of hydrogen-bond acceptors (Lipinski definition) is 26. The number of nitrogens with one attached hydrogen (secondary N) is 11. The van der Waals surface area contributed by atoms with Gasteiger partial charge in [-0.2, -0.15) is 0 Å². The summed E-state index contributed by atoms with van der Waals surface area (Å²) in [5.41, 5.74) is 27.4. The molecule has 13 atom stereocenters. The molecule has 0 heterocycles. The smallest absolute Gasteiger partial charge is 0.469 e. The molecule has 31 N–H and O–H groups in total. The first kappa shape index (κ1) is 95.0. The lowest BCUT2D eigenvalue weighted by Crippen LogP contribution is -2.63. The van der Waals surface area contributed by atoms with Crippen molar-refractivity contribution in [3.05, 3.63) is 0 Å². The van der Waals surface area contributed by atoms with E-state index in [1.165, 1.54) is 13.8 Å². The Morgan fingerprint density at radius 1 is 0.385 bits per heavy atom. The van der Waals surface area contributed by atoms with Crippen molar-refractivity contribution < 1.29 is 150 Å². The molecule has 0 aliphatic heterocycles. The fourth-order valence-corrected chi connectivity index (χ4v) is 9.63. The maximum absolute atomic E-state index is 14.1. The van der Waals surface area contributed by atoms with Crippen LogP contribution in [-0.2, 0) is 99.7 Å². The van der Waals surface area contributed by atoms with E-state index in [2.05, 4.69) is 30.3 Å². The highest BCUT2D eigenvalue weighted by Crippen LogP contribution is 2.36. The van der Waals surface area contributed by atoms with Gasteiger partial charge in [0.25, 0.3) is 0 Å². The van der Waals surface area contributed by atoms with Gasteiger partial charge in [-0.1, -0.05) is 13.8 Å². The van der Waals surface area contributed by atoms with Crippen molar-refractivity contribution >= 4 is 116 Å². The molecule has 104 heavy (non-hydrogen) atoms. The van der Waals surface area contributed by atoms with Gasteiger partial charge in [-0.05, 0) is 96.6 Å². The Bertz CT molecular complexity index is 3080. The van der Waals surface area contributed by atoms with Crippen molar-refractivity contribution in [3.8, 4) is 0 Å². The first-order valence-electron chi connectivity index (χ1n) is 31.9. The third-order valence-electron chi connectivity index (χ3n) is 14.4. The highest BCUT2D eigenvalue weighted by atomic mass is 31.2. The molecule has 0 aromatic carbocycles. The van der Waals surface area contributed by atoms with E-state index < -0.39 is 278 Å². The minimum Gasteiger partial charge on any atom is -0.481 e. The number of rotatable bonds is 55. The molecule has 0 aromatic rings. The number of aliphatic hydroxyl groups is 2. The normalized spacial score (nSPS) is 15.2. The number of unbranched alkanes of at least 4 members (excludes halogenated alkanes) is 2. The lowest BCUT2D eigenvalue weighted by molar-refractivity contribution is -0.142. The number of phosphoric acid groups is 2. The number of hydrogen-bond donors (Lipinski definition) is 26. The Morgan fingerprint density at radius 2 is 0.702 bits per heavy atom. The number of carboxylic acid groups (broad SMARTS) is 4. The second-order valence-electron chi connectivity index (χ2n) is 23.7. The molecule has 0 aliphatic rings. The van der Waals surface area contributed by atoms with Gasteiger partial charge < -0.3 is 137 Å². The van der Waals surface area contributed by atoms with Crippen LogP contribution in [0.1, 0.15) is 124 Å². The molecular weight excluding hydrogens is 1440 g/mol. The average Bonchev–Trinajstić information content (AvgIpc) is 0.848. The lowest BCUT2D eigenvalue weighted by atomic mass is 10.0. The topological polar surface area (TPSA) is 808 Å². The number of primary amides is 2. The standard InChI is InChI=1S/C55H96N16O31P2/c1-25(2)20-33(66-47(85)29(11-14-38(59)74)61-44(82)27(58)10-15-40(76)77)49(87)69-37(24-102-104(98,99)100)53(91)71-43(26(3)73)54(92)70-36(23-101-103(95,96)97)52(90)64-30(12-16-41(78)79)46(84)63-31(13-17-42(80)81)48(86)67-34(21-39(60)75)50(88)68-35(22-72)51(89)62-28(8-4-6-18-56)45(83)65-32(55(93)94)9-5-7-19-57/h25-37,43,72-73H,4-24,56-58H2,1-3H3,(H2,59,74)(H2,60,75)(H,61,82)(H,62,89)(H,63,84)(H,64,90)(H,65,83)(H,66,85)(H,67,86)(H,68,88)(H,69,87)(H,70,92)(H,71,91)(H,76,77)(H,78,79)(H,80,81)(H,93,94)(H2,95,96,97)(H2,98,99,100)/t26-,27+,28+,29+,30+,31+,32+,33+,34+,35+,36+,37+,43+/m1/s1. The van der Waals surface area contributed by atoms with Gasteiger partial charge in [0, 0.05) is 25.7 Å². The average molecular weight is 1540 g/mol. The monoisotopic (exact) mass is 1540 g/mol. The largest absolute Gasteiger partial charge is 0.481 e. The van der Waals surface area contributed by atoms with Crippen molar-refractivity contribution in [1.82, 2.24) is 58.5 Å². The van der Waals surface area contributed by atoms with Crippen molar-refractivity contribution in [3.63, 3.8) is 0 Å². The maximum atomic E-state index is 14.1. The molecule has 0 rings (SSSR count). The van der Waals surface area contributed by atoms with Gasteiger partial charge in [-0.3, -0.25) is 85.8 Å². The molecule has 0 bridgehead atoms. The van der Waals surface area contributed by atoms with Crippen LogP contribution in [0.2, 0.25) is 0 Å². The van der Waals surface area contributed by atoms with E-state index in [0.29, 0.717) is 12.8 Å². The van der Waals surface area contributed by atoms with Crippen LogP contribution < -0.4 is 87.2 Å². The van der Waals surface area contributed by atoms with Gasteiger partial charge in [0.1, 0.15) is 66.5 Å². The van der Waals surface area contributed by atoms with Gasteiger partial charge in [-0.15, -0.1) is 0 Å².